The SMILES string of the molecule is CCC(CC)(CN)NC(=O)c1cscc1C.Cl. The Balaban J connectivity index is 0.00000256. The van der Waals surface area contributed by atoms with Gasteiger partial charge in [-0.2, -0.15) is 11.3 Å². The highest BCUT2D eigenvalue weighted by Gasteiger charge is 2.27. The fourth-order valence-corrected chi connectivity index (χ4v) is 2.50. The van der Waals surface area contributed by atoms with Crippen LogP contribution in [0.25, 0.3) is 0 Å². The molecular formula is C12H21ClN2OS. The molecule has 0 bridgehead atoms. The van der Waals surface area contributed by atoms with Gasteiger partial charge in [0, 0.05) is 11.9 Å². The average molecular weight is 277 g/mol. The van der Waals surface area contributed by atoms with Crippen molar-refractivity contribution in [1.29, 1.82) is 0 Å². The van der Waals surface area contributed by atoms with Gasteiger partial charge in [-0.3, -0.25) is 4.79 Å². The van der Waals surface area contributed by atoms with Crippen molar-refractivity contribution in [1.82, 2.24) is 5.32 Å². The number of carbonyl (C=O) groups is 1. The van der Waals surface area contributed by atoms with Crippen LogP contribution >= 0.6 is 23.7 Å². The van der Waals surface area contributed by atoms with Crippen LogP contribution in [-0.2, 0) is 0 Å². The Hall–Kier alpha value is -0.580. The van der Waals surface area contributed by atoms with E-state index in [9.17, 15) is 4.79 Å². The number of halogens is 1. The first-order chi connectivity index (χ1) is 7.58. The molecule has 0 unspecified atom stereocenters. The fourth-order valence-electron chi connectivity index (χ4n) is 1.67. The Morgan fingerprint density at radius 3 is 2.35 bits per heavy atom. The Morgan fingerprint density at radius 1 is 1.41 bits per heavy atom. The standard InChI is InChI=1S/C12H20N2OS.ClH/c1-4-12(5-2,8-13)14-11(15)10-7-16-6-9(10)3;/h6-7H,4-5,8,13H2,1-3H3,(H,14,15);1H. The molecule has 1 rings (SSSR count). The molecule has 0 radical (unpaired) electrons. The van der Waals surface area contributed by atoms with Gasteiger partial charge in [-0.1, -0.05) is 13.8 Å². The van der Waals surface area contributed by atoms with E-state index in [1.807, 2.05) is 17.7 Å². The van der Waals surface area contributed by atoms with E-state index in [2.05, 4.69) is 19.2 Å². The van der Waals surface area contributed by atoms with Crippen molar-refractivity contribution in [3.63, 3.8) is 0 Å². The number of carbonyl (C=O) groups excluding carboxylic acids is 1. The summed E-state index contributed by atoms with van der Waals surface area (Å²) in [6, 6.07) is 0. The molecule has 1 aromatic rings. The third kappa shape index (κ3) is 3.69. The van der Waals surface area contributed by atoms with E-state index in [0.717, 1.165) is 24.0 Å². The van der Waals surface area contributed by atoms with Gasteiger partial charge >= 0.3 is 0 Å². The van der Waals surface area contributed by atoms with E-state index < -0.39 is 0 Å². The summed E-state index contributed by atoms with van der Waals surface area (Å²) in [7, 11) is 0. The monoisotopic (exact) mass is 276 g/mol. The summed E-state index contributed by atoms with van der Waals surface area (Å²) in [6.45, 7) is 6.54. The minimum Gasteiger partial charge on any atom is -0.345 e. The van der Waals surface area contributed by atoms with Crippen molar-refractivity contribution >= 4 is 29.7 Å². The zero-order chi connectivity index (χ0) is 12.2. The largest absolute Gasteiger partial charge is 0.345 e. The Kier molecular flexibility index (Phi) is 6.75. The summed E-state index contributed by atoms with van der Waals surface area (Å²) in [5, 5.41) is 6.93. The van der Waals surface area contributed by atoms with E-state index in [1.165, 1.54) is 0 Å². The van der Waals surface area contributed by atoms with Gasteiger partial charge in [-0.15, -0.1) is 12.4 Å². The van der Waals surface area contributed by atoms with E-state index in [-0.39, 0.29) is 23.9 Å². The van der Waals surface area contributed by atoms with E-state index in [4.69, 9.17) is 5.73 Å². The molecular weight excluding hydrogens is 256 g/mol. The van der Waals surface area contributed by atoms with Gasteiger partial charge in [-0.05, 0) is 30.7 Å². The first-order valence-corrected chi connectivity index (χ1v) is 6.58. The van der Waals surface area contributed by atoms with Gasteiger partial charge in [-0.25, -0.2) is 0 Å². The quantitative estimate of drug-likeness (QED) is 0.869. The number of amides is 1. The highest BCUT2D eigenvalue weighted by Crippen LogP contribution is 2.18. The summed E-state index contributed by atoms with van der Waals surface area (Å²) in [4.78, 5) is 12.1. The minimum absolute atomic E-state index is 0. The van der Waals surface area contributed by atoms with Crippen LogP contribution in [0.4, 0.5) is 0 Å². The summed E-state index contributed by atoms with van der Waals surface area (Å²) in [6.07, 6.45) is 1.71. The number of thiophene rings is 1. The molecule has 17 heavy (non-hydrogen) atoms. The molecule has 1 heterocycles. The highest BCUT2D eigenvalue weighted by molar-refractivity contribution is 7.08. The first-order valence-electron chi connectivity index (χ1n) is 5.64. The molecule has 0 saturated carbocycles. The summed E-state index contributed by atoms with van der Waals surface area (Å²) in [5.41, 5.74) is 7.29. The van der Waals surface area contributed by atoms with Crippen LogP contribution in [0.1, 0.15) is 42.6 Å². The summed E-state index contributed by atoms with van der Waals surface area (Å²) < 4.78 is 0. The van der Waals surface area contributed by atoms with Crippen molar-refractivity contribution in [2.24, 2.45) is 5.73 Å². The van der Waals surface area contributed by atoms with Crippen LogP contribution in [0.3, 0.4) is 0 Å². The molecule has 0 spiro atoms. The lowest BCUT2D eigenvalue weighted by Crippen LogP contribution is -2.52. The molecule has 0 atom stereocenters. The molecule has 98 valence electrons. The van der Waals surface area contributed by atoms with Gasteiger partial charge in [0.05, 0.1) is 11.1 Å². The fraction of sp³-hybridized carbons (Fsp3) is 0.583. The Morgan fingerprint density at radius 2 is 2.00 bits per heavy atom. The molecule has 0 aliphatic rings. The van der Waals surface area contributed by atoms with Gasteiger partial charge < -0.3 is 11.1 Å². The molecule has 5 heteroatoms. The Bertz CT molecular complexity index is 353. The maximum absolute atomic E-state index is 12.1. The van der Waals surface area contributed by atoms with Crippen LogP contribution in [0.15, 0.2) is 10.8 Å². The molecule has 0 aliphatic heterocycles. The van der Waals surface area contributed by atoms with E-state index in [1.54, 1.807) is 11.3 Å². The Labute approximate surface area is 113 Å². The molecule has 0 aliphatic carbocycles. The lowest BCUT2D eigenvalue weighted by atomic mass is 9.92. The van der Waals surface area contributed by atoms with Gasteiger partial charge in [0.2, 0.25) is 0 Å². The summed E-state index contributed by atoms with van der Waals surface area (Å²) in [5.74, 6) is -0.00657. The molecule has 1 amide bonds. The average Bonchev–Trinajstić information content (AvgIpc) is 2.72. The molecule has 3 N–H and O–H groups in total. The second kappa shape index (κ2) is 6.99. The van der Waals surface area contributed by atoms with Crippen LogP contribution in [0.2, 0.25) is 0 Å². The molecule has 0 fully saturated rings. The number of nitrogens with two attached hydrogens (primary N) is 1. The van der Waals surface area contributed by atoms with Crippen LogP contribution in [0.5, 0.6) is 0 Å². The van der Waals surface area contributed by atoms with Crippen molar-refractivity contribution in [3.8, 4) is 0 Å². The molecule has 1 aromatic heterocycles. The van der Waals surface area contributed by atoms with Crippen molar-refractivity contribution in [2.75, 3.05) is 6.54 Å². The molecule has 3 nitrogen and oxygen atoms in total. The maximum atomic E-state index is 12.1. The van der Waals surface area contributed by atoms with Crippen molar-refractivity contribution < 1.29 is 4.79 Å². The van der Waals surface area contributed by atoms with Crippen LogP contribution < -0.4 is 11.1 Å². The first kappa shape index (κ1) is 16.4. The van der Waals surface area contributed by atoms with Crippen molar-refractivity contribution in [2.45, 2.75) is 39.2 Å². The second-order valence-corrected chi connectivity index (χ2v) is 4.86. The maximum Gasteiger partial charge on any atom is 0.252 e. The lowest BCUT2D eigenvalue weighted by Gasteiger charge is -2.31. The van der Waals surface area contributed by atoms with E-state index >= 15 is 0 Å². The number of hydrogen-bond donors (Lipinski definition) is 2. The smallest absolute Gasteiger partial charge is 0.252 e. The van der Waals surface area contributed by atoms with Gasteiger partial charge in [0.1, 0.15) is 0 Å². The van der Waals surface area contributed by atoms with Crippen LogP contribution in [-0.4, -0.2) is 18.0 Å². The minimum atomic E-state index is -0.258. The highest BCUT2D eigenvalue weighted by atomic mass is 35.5. The third-order valence-corrected chi connectivity index (χ3v) is 4.08. The molecule has 0 aromatic carbocycles. The number of hydrogen-bond acceptors (Lipinski definition) is 3. The summed E-state index contributed by atoms with van der Waals surface area (Å²) >= 11 is 1.55. The normalized spacial score (nSPS) is 10.8. The predicted molar refractivity (Wildman–Crippen MR) is 76.1 cm³/mol. The zero-order valence-electron chi connectivity index (χ0n) is 10.6. The van der Waals surface area contributed by atoms with Gasteiger partial charge in [0.15, 0.2) is 0 Å². The van der Waals surface area contributed by atoms with Crippen molar-refractivity contribution in [3.05, 3.63) is 21.9 Å². The second-order valence-electron chi connectivity index (χ2n) is 4.11. The third-order valence-electron chi connectivity index (χ3n) is 3.22. The number of rotatable bonds is 5. The molecule has 0 saturated heterocycles. The number of nitrogens with one attached hydrogen (secondary N) is 1. The van der Waals surface area contributed by atoms with E-state index in [0.29, 0.717) is 6.54 Å². The predicted octanol–water partition coefficient (Wildman–Crippen LogP) is 2.73. The van der Waals surface area contributed by atoms with Gasteiger partial charge in [0.25, 0.3) is 5.91 Å². The lowest BCUT2D eigenvalue weighted by molar-refractivity contribution is 0.0895. The number of aryl methyl sites for hydroxylation is 1. The zero-order valence-corrected chi connectivity index (χ0v) is 12.2. The topological polar surface area (TPSA) is 55.1 Å². The van der Waals surface area contributed by atoms with Crippen LogP contribution in [0, 0.1) is 6.92 Å².